The van der Waals surface area contributed by atoms with Gasteiger partial charge in [0.2, 0.25) is 11.8 Å². The largest absolute Gasteiger partial charge is 0.394 e. The normalized spacial score (nSPS) is 20.4. The number of hydrogen-bond donors (Lipinski definition) is 2. The number of carbonyl (C=O) groups is 2. The topological polar surface area (TPSA) is 69.6 Å². The SMILES string of the molecule is CC[C@@H](C)[C@@H](CO)NC(=O)[C@@H]1CC(=O)N(Cc2ccccc2)C1. The minimum Gasteiger partial charge on any atom is -0.394 e. The maximum absolute atomic E-state index is 12.4. The third-order valence-electron chi connectivity index (χ3n) is 4.66. The molecular formula is C18H26N2O3. The van der Waals surface area contributed by atoms with Crippen LogP contribution in [0.15, 0.2) is 30.3 Å². The number of nitrogens with zero attached hydrogens (tertiary/aromatic N) is 1. The molecule has 1 aliphatic heterocycles. The molecule has 2 rings (SSSR count). The first-order valence-electron chi connectivity index (χ1n) is 8.28. The van der Waals surface area contributed by atoms with Crippen molar-refractivity contribution < 1.29 is 14.7 Å². The molecule has 0 radical (unpaired) electrons. The standard InChI is InChI=1S/C18H26N2O3/c1-3-13(2)16(12-21)19-18(23)15-9-17(22)20(11-15)10-14-7-5-4-6-8-14/h4-8,13,15-16,21H,3,9-12H2,1-2H3,(H,19,23)/t13-,15-,16-/m1/s1. The Bertz CT molecular complexity index is 532. The third-order valence-corrected chi connectivity index (χ3v) is 4.66. The number of likely N-dealkylation sites (tertiary alicyclic amines) is 1. The Labute approximate surface area is 137 Å². The van der Waals surface area contributed by atoms with Crippen LogP contribution in [0.25, 0.3) is 0 Å². The second-order valence-corrected chi connectivity index (χ2v) is 6.34. The Morgan fingerprint density at radius 3 is 2.70 bits per heavy atom. The van der Waals surface area contributed by atoms with Crippen molar-refractivity contribution in [2.24, 2.45) is 11.8 Å². The zero-order chi connectivity index (χ0) is 16.8. The van der Waals surface area contributed by atoms with Crippen molar-refractivity contribution in [1.29, 1.82) is 0 Å². The predicted octanol–water partition coefficient (Wildman–Crippen LogP) is 1.56. The molecule has 1 fully saturated rings. The van der Waals surface area contributed by atoms with Gasteiger partial charge in [-0.3, -0.25) is 9.59 Å². The van der Waals surface area contributed by atoms with Crippen molar-refractivity contribution in [2.75, 3.05) is 13.2 Å². The van der Waals surface area contributed by atoms with Gasteiger partial charge >= 0.3 is 0 Å². The molecule has 0 bridgehead atoms. The molecule has 3 atom stereocenters. The van der Waals surface area contributed by atoms with Gasteiger partial charge in [0, 0.05) is 19.5 Å². The summed E-state index contributed by atoms with van der Waals surface area (Å²) in [4.78, 5) is 26.2. The molecule has 1 heterocycles. The highest BCUT2D eigenvalue weighted by molar-refractivity contribution is 5.89. The quantitative estimate of drug-likeness (QED) is 0.801. The monoisotopic (exact) mass is 318 g/mol. The summed E-state index contributed by atoms with van der Waals surface area (Å²) in [7, 11) is 0. The molecule has 1 aromatic rings. The van der Waals surface area contributed by atoms with E-state index < -0.39 is 0 Å². The number of rotatable bonds is 7. The first-order valence-corrected chi connectivity index (χ1v) is 8.28. The van der Waals surface area contributed by atoms with E-state index in [0.717, 1.165) is 12.0 Å². The Hall–Kier alpha value is -1.88. The molecule has 0 saturated carbocycles. The molecule has 23 heavy (non-hydrogen) atoms. The molecule has 2 N–H and O–H groups in total. The molecule has 5 nitrogen and oxygen atoms in total. The summed E-state index contributed by atoms with van der Waals surface area (Å²) < 4.78 is 0. The van der Waals surface area contributed by atoms with Crippen molar-refractivity contribution in [1.82, 2.24) is 10.2 Å². The number of amides is 2. The van der Waals surface area contributed by atoms with Crippen molar-refractivity contribution in [3.05, 3.63) is 35.9 Å². The number of aliphatic hydroxyl groups is 1. The summed E-state index contributed by atoms with van der Waals surface area (Å²) in [5.74, 6) is -0.239. The highest BCUT2D eigenvalue weighted by Gasteiger charge is 2.35. The van der Waals surface area contributed by atoms with Crippen molar-refractivity contribution in [3.8, 4) is 0 Å². The van der Waals surface area contributed by atoms with Crippen LogP contribution in [-0.2, 0) is 16.1 Å². The molecular weight excluding hydrogens is 292 g/mol. The average molecular weight is 318 g/mol. The van der Waals surface area contributed by atoms with E-state index >= 15 is 0 Å². The fourth-order valence-electron chi connectivity index (χ4n) is 2.86. The van der Waals surface area contributed by atoms with Crippen LogP contribution < -0.4 is 5.32 Å². The molecule has 0 aromatic heterocycles. The zero-order valence-corrected chi connectivity index (χ0v) is 13.9. The smallest absolute Gasteiger partial charge is 0.225 e. The summed E-state index contributed by atoms with van der Waals surface area (Å²) in [6.45, 7) is 4.94. The van der Waals surface area contributed by atoms with Crippen LogP contribution in [0.2, 0.25) is 0 Å². The van der Waals surface area contributed by atoms with Gasteiger partial charge in [-0.2, -0.15) is 0 Å². The molecule has 0 unspecified atom stereocenters. The van der Waals surface area contributed by atoms with Crippen LogP contribution in [-0.4, -0.2) is 41.0 Å². The van der Waals surface area contributed by atoms with Crippen molar-refractivity contribution in [3.63, 3.8) is 0 Å². The van der Waals surface area contributed by atoms with E-state index in [9.17, 15) is 14.7 Å². The van der Waals surface area contributed by atoms with E-state index in [1.54, 1.807) is 4.90 Å². The van der Waals surface area contributed by atoms with E-state index in [0.29, 0.717) is 13.1 Å². The summed E-state index contributed by atoms with van der Waals surface area (Å²) in [6, 6.07) is 9.54. The van der Waals surface area contributed by atoms with Gasteiger partial charge in [-0.15, -0.1) is 0 Å². The highest BCUT2D eigenvalue weighted by atomic mass is 16.3. The lowest BCUT2D eigenvalue weighted by Gasteiger charge is -2.24. The lowest BCUT2D eigenvalue weighted by atomic mass is 9.98. The Kier molecular flexibility index (Phi) is 6.16. The van der Waals surface area contributed by atoms with Gasteiger partial charge in [0.05, 0.1) is 18.6 Å². The summed E-state index contributed by atoms with van der Waals surface area (Å²) in [5.41, 5.74) is 1.06. The number of benzene rings is 1. The molecule has 0 aliphatic carbocycles. The lowest BCUT2D eigenvalue weighted by Crippen LogP contribution is -2.45. The van der Waals surface area contributed by atoms with Gasteiger partial charge < -0.3 is 15.3 Å². The zero-order valence-electron chi connectivity index (χ0n) is 13.9. The van der Waals surface area contributed by atoms with Crippen LogP contribution in [0.4, 0.5) is 0 Å². The van der Waals surface area contributed by atoms with E-state index in [4.69, 9.17) is 0 Å². The van der Waals surface area contributed by atoms with Crippen LogP contribution >= 0.6 is 0 Å². The number of carbonyl (C=O) groups excluding carboxylic acids is 2. The van der Waals surface area contributed by atoms with Crippen LogP contribution in [0.3, 0.4) is 0 Å². The molecule has 0 spiro atoms. The highest BCUT2D eigenvalue weighted by Crippen LogP contribution is 2.21. The first-order chi connectivity index (χ1) is 11.0. The van der Waals surface area contributed by atoms with Crippen molar-refractivity contribution in [2.45, 2.75) is 39.3 Å². The number of aliphatic hydroxyl groups excluding tert-OH is 1. The van der Waals surface area contributed by atoms with Gasteiger partial charge in [-0.05, 0) is 11.5 Å². The molecule has 126 valence electrons. The Morgan fingerprint density at radius 2 is 2.09 bits per heavy atom. The van der Waals surface area contributed by atoms with Gasteiger partial charge in [0.1, 0.15) is 0 Å². The summed E-state index contributed by atoms with van der Waals surface area (Å²) >= 11 is 0. The average Bonchev–Trinajstić information content (AvgIpc) is 2.93. The molecule has 1 aromatic carbocycles. The molecule has 5 heteroatoms. The van der Waals surface area contributed by atoms with E-state index in [1.165, 1.54) is 0 Å². The van der Waals surface area contributed by atoms with Crippen LogP contribution in [0.5, 0.6) is 0 Å². The predicted molar refractivity (Wildman–Crippen MR) is 88.4 cm³/mol. The minimum absolute atomic E-state index is 0.0121. The Morgan fingerprint density at radius 1 is 1.39 bits per heavy atom. The van der Waals surface area contributed by atoms with E-state index in [1.807, 2.05) is 44.2 Å². The van der Waals surface area contributed by atoms with Crippen LogP contribution in [0.1, 0.15) is 32.3 Å². The van der Waals surface area contributed by atoms with Gasteiger partial charge in [0.15, 0.2) is 0 Å². The maximum Gasteiger partial charge on any atom is 0.225 e. The van der Waals surface area contributed by atoms with Gasteiger partial charge in [-0.25, -0.2) is 0 Å². The Balaban J connectivity index is 1.92. The third kappa shape index (κ3) is 4.55. The van der Waals surface area contributed by atoms with Crippen LogP contribution in [0, 0.1) is 11.8 Å². The van der Waals surface area contributed by atoms with E-state index in [2.05, 4.69) is 5.32 Å². The summed E-state index contributed by atoms with van der Waals surface area (Å²) in [6.07, 6.45) is 1.13. The number of hydrogen-bond acceptors (Lipinski definition) is 3. The molecule has 2 amide bonds. The second-order valence-electron chi connectivity index (χ2n) is 6.34. The fourth-order valence-corrected chi connectivity index (χ4v) is 2.86. The van der Waals surface area contributed by atoms with Gasteiger partial charge in [-0.1, -0.05) is 50.6 Å². The maximum atomic E-state index is 12.4. The fraction of sp³-hybridized carbons (Fsp3) is 0.556. The number of nitrogens with one attached hydrogen (secondary N) is 1. The molecule has 1 aliphatic rings. The summed E-state index contributed by atoms with van der Waals surface area (Å²) in [5, 5.41) is 12.3. The van der Waals surface area contributed by atoms with Gasteiger partial charge in [0.25, 0.3) is 0 Å². The second kappa shape index (κ2) is 8.11. The first kappa shape index (κ1) is 17.5. The van der Waals surface area contributed by atoms with Crippen molar-refractivity contribution >= 4 is 11.8 Å². The van der Waals surface area contributed by atoms with E-state index in [-0.39, 0.29) is 42.7 Å². The molecule has 1 saturated heterocycles. The minimum atomic E-state index is -0.329. The lowest BCUT2D eigenvalue weighted by molar-refractivity contribution is -0.129.